The summed E-state index contributed by atoms with van der Waals surface area (Å²) in [6, 6.07) is 0. The molecule has 0 fully saturated rings. The monoisotopic (exact) mass is 264 g/mol. The molecule has 7 heteroatoms. The summed E-state index contributed by atoms with van der Waals surface area (Å²) >= 11 is 0. The van der Waals surface area contributed by atoms with Crippen molar-refractivity contribution in [2.24, 2.45) is 11.5 Å². The predicted octanol–water partition coefficient (Wildman–Crippen LogP) is 0.364. The Bertz CT molecular complexity index is 497. The van der Waals surface area contributed by atoms with Crippen LogP contribution in [0.1, 0.15) is 30.0 Å². The lowest BCUT2D eigenvalue weighted by atomic mass is 10.4. The number of rotatable bonds is 4. The van der Waals surface area contributed by atoms with Gasteiger partial charge in [-0.25, -0.2) is 9.97 Å². The molecule has 0 atom stereocenters. The molecule has 0 aliphatic heterocycles. The fourth-order valence-electron chi connectivity index (χ4n) is 1.58. The number of amides is 1. The van der Waals surface area contributed by atoms with Gasteiger partial charge >= 0.3 is 0 Å². The number of hydrogen-bond acceptors (Lipinski definition) is 4. The quantitative estimate of drug-likeness (QED) is 0.831. The number of hydrogen-bond donors (Lipinski definition) is 2. The number of nitrogens with two attached hydrogens (primary N) is 2. The van der Waals surface area contributed by atoms with Crippen LogP contribution >= 0.6 is 0 Å². The summed E-state index contributed by atoms with van der Waals surface area (Å²) in [4.78, 5) is 18.3. The van der Waals surface area contributed by atoms with Gasteiger partial charge in [0, 0.05) is 25.8 Å². The molecule has 0 aliphatic rings. The zero-order valence-corrected chi connectivity index (χ0v) is 11.3. The van der Waals surface area contributed by atoms with Crippen LogP contribution in [0, 0.1) is 0 Å². The van der Waals surface area contributed by atoms with E-state index in [2.05, 4.69) is 16.9 Å². The Kier molecular flexibility index (Phi) is 5.74. The molecule has 0 saturated carbocycles. The van der Waals surface area contributed by atoms with Crippen LogP contribution in [0.5, 0.6) is 0 Å². The van der Waals surface area contributed by atoms with Crippen molar-refractivity contribution in [2.75, 3.05) is 0 Å². The van der Waals surface area contributed by atoms with Gasteiger partial charge in [0.1, 0.15) is 5.69 Å². The van der Waals surface area contributed by atoms with Crippen LogP contribution in [0.4, 0.5) is 0 Å². The van der Waals surface area contributed by atoms with Crippen LogP contribution in [0.2, 0.25) is 0 Å². The lowest BCUT2D eigenvalue weighted by Crippen LogP contribution is -2.15. The Morgan fingerprint density at radius 2 is 1.74 bits per heavy atom. The lowest BCUT2D eigenvalue weighted by molar-refractivity contribution is 0.0991. The normalized spacial score (nSPS) is 9.84. The average molecular weight is 264 g/mol. The minimum atomic E-state index is -0.431. The molecule has 19 heavy (non-hydrogen) atoms. The Morgan fingerprint density at radius 3 is 2.16 bits per heavy atom. The van der Waals surface area contributed by atoms with Crippen LogP contribution in [-0.4, -0.2) is 25.0 Å². The summed E-state index contributed by atoms with van der Waals surface area (Å²) in [5.41, 5.74) is 12.0. The maximum atomic E-state index is 10.6. The molecule has 2 aromatic heterocycles. The first-order valence-electron chi connectivity index (χ1n) is 6.13. The van der Waals surface area contributed by atoms with Gasteiger partial charge in [-0.15, -0.1) is 0 Å². The van der Waals surface area contributed by atoms with Crippen molar-refractivity contribution in [2.45, 2.75) is 33.5 Å². The molecule has 0 saturated heterocycles. The molecule has 2 heterocycles. The maximum Gasteiger partial charge on any atom is 0.266 e. The summed E-state index contributed by atoms with van der Waals surface area (Å²) in [6.45, 7) is 6.24. The SMILES string of the molecule is CCn1cncc1C(N)=O.CCn1cncc1CN. The molecule has 1 amide bonds. The molecule has 0 aromatic carbocycles. The van der Waals surface area contributed by atoms with E-state index in [1.54, 1.807) is 23.4 Å². The minimum Gasteiger partial charge on any atom is -0.364 e. The third kappa shape index (κ3) is 3.92. The Balaban J connectivity index is 0.000000191. The van der Waals surface area contributed by atoms with Crippen molar-refractivity contribution < 1.29 is 4.79 Å². The lowest BCUT2D eigenvalue weighted by Gasteiger charge is -1.99. The van der Waals surface area contributed by atoms with E-state index in [4.69, 9.17) is 11.5 Å². The molecule has 7 nitrogen and oxygen atoms in total. The predicted molar refractivity (Wildman–Crippen MR) is 72.2 cm³/mol. The minimum absolute atomic E-state index is 0.431. The topological polar surface area (TPSA) is 105 Å². The Morgan fingerprint density at radius 1 is 1.16 bits per heavy atom. The number of aromatic nitrogens is 4. The van der Waals surface area contributed by atoms with E-state index in [1.807, 2.05) is 11.5 Å². The van der Waals surface area contributed by atoms with E-state index in [9.17, 15) is 4.79 Å². The van der Waals surface area contributed by atoms with Gasteiger partial charge in [0.05, 0.1) is 24.5 Å². The van der Waals surface area contributed by atoms with Gasteiger partial charge in [-0.2, -0.15) is 0 Å². The number of primary amides is 1. The molecular weight excluding hydrogens is 244 g/mol. The van der Waals surface area contributed by atoms with Crippen LogP contribution in [0.3, 0.4) is 0 Å². The number of imidazole rings is 2. The van der Waals surface area contributed by atoms with E-state index in [-0.39, 0.29) is 0 Å². The van der Waals surface area contributed by atoms with Crippen LogP contribution in [0.25, 0.3) is 0 Å². The van der Waals surface area contributed by atoms with Gasteiger partial charge < -0.3 is 20.6 Å². The summed E-state index contributed by atoms with van der Waals surface area (Å²) in [7, 11) is 0. The number of carbonyl (C=O) groups excluding carboxylic acids is 1. The van der Waals surface area contributed by atoms with Crippen molar-refractivity contribution in [3.05, 3.63) is 36.4 Å². The Hall–Kier alpha value is -2.15. The molecule has 2 rings (SSSR count). The first kappa shape index (κ1) is 14.9. The highest BCUT2D eigenvalue weighted by atomic mass is 16.1. The van der Waals surface area contributed by atoms with Gasteiger partial charge in [0.25, 0.3) is 5.91 Å². The van der Waals surface area contributed by atoms with E-state index in [0.717, 1.165) is 18.8 Å². The van der Waals surface area contributed by atoms with Crippen molar-refractivity contribution in [1.29, 1.82) is 0 Å². The highest BCUT2D eigenvalue weighted by Crippen LogP contribution is 1.96. The fraction of sp³-hybridized carbons (Fsp3) is 0.417. The molecule has 0 radical (unpaired) electrons. The molecule has 104 valence electrons. The molecule has 0 bridgehead atoms. The van der Waals surface area contributed by atoms with Crippen molar-refractivity contribution in [3.8, 4) is 0 Å². The molecule has 2 aromatic rings. The second kappa shape index (κ2) is 7.32. The third-order valence-electron chi connectivity index (χ3n) is 2.65. The van der Waals surface area contributed by atoms with Gasteiger partial charge in [0.2, 0.25) is 0 Å². The number of aryl methyl sites for hydroxylation is 2. The van der Waals surface area contributed by atoms with Gasteiger partial charge in [-0.1, -0.05) is 0 Å². The number of nitrogens with zero attached hydrogens (tertiary/aromatic N) is 4. The summed E-state index contributed by atoms with van der Waals surface area (Å²) < 4.78 is 3.72. The van der Waals surface area contributed by atoms with Crippen LogP contribution in [-0.2, 0) is 19.6 Å². The summed E-state index contributed by atoms with van der Waals surface area (Å²) in [6.07, 6.45) is 6.64. The summed E-state index contributed by atoms with van der Waals surface area (Å²) in [5, 5.41) is 0. The van der Waals surface area contributed by atoms with E-state index in [1.165, 1.54) is 6.20 Å². The van der Waals surface area contributed by atoms with Gasteiger partial charge in [-0.05, 0) is 13.8 Å². The molecular formula is C12H20N6O. The van der Waals surface area contributed by atoms with Gasteiger partial charge in [0.15, 0.2) is 0 Å². The van der Waals surface area contributed by atoms with E-state index >= 15 is 0 Å². The van der Waals surface area contributed by atoms with Crippen LogP contribution in [0.15, 0.2) is 25.0 Å². The van der Waals surface area contributed by atoms with Gasteiger partial charge in [-0.3, -0.25) is 4.79 Å². The fourth-order valence-corrected chi connectivity index (χ4v) is 1.58. The maximum absolute atomic E-state index is 10.6. The van der Waals surface area contributed by atoms with Crippen LogP contribution < -0.4 is 11.5 Å². The molecule has 4 N–H and O–H groups in total. The first-order valence-corrected chi connectivity index (χ1v) is 6.13. The van der Waals surface area contributed by atoms with Crippen molar-refractivity contribution in [1.82, 2.24) is 19.1 Å². The zero-order valence-electron chi connectivity index (χ0n) is 11.3. The molecule has 0 spiro atoms. The summed E-state index contributed by atoms with van der Waals surface area (Å²) in [5.74, 6) is -0.431. The second-order valence-electron chi connectivity index (χ2n) is 3.80. The zero-order chi connectivity index (χ0) is 14.3. The smallest absolute Gasteiger partial charge is 0.266 e. The van der Waals surface area contributed by atoms with Crippen molar-refractivity contribution in [3.63, 3.8) is 0 Å². The van der Waals surface area contributed by atoms with E-state index in [0.29, 0.717) is 12.2 Å². The second-order valence-corrected chi connectivity index (χ2v) is 3.80. The average Bonchev–Trinajstić information content (AvgIpc) is 3.07. The van der Waals surface area contributed by atoms with Crippen molar-refractivity contribution >= 4 is 5.91 Å². The third-order valence-corrected chi connectivity index (χ3v) is 2.65. The standard InChI is InChI=1S/C6H9N3O.C6H11N3/c1-2-9-4-8-3-5(9)6(7)10;1-2-9-5-8-4-6(9)3-7/h3-4H,2H2,1H3,(H2,7,10);4-5H,2-3,7H2,1H3. The van der Waals surface area contributed by atoms with E-state index < -0.39 is 5.91 Å². The highest BCUT2D eigenvalue weighted by molar-refractivity contribution is 5.90. The molecule has 0 aliphatic carbocycles. The molecule has 0 unspecified atom stereocenters. The number of carbonyl (C=O) groups is 1. The largest absolute Gasteiger partial charge is 0.364 e. The highest BCUT2D eigenvalue weighted by Gasteiger charge is 2.04. The first-order chi connectivity index (χ1) is 9.13. The Labute approximate surface area is 112 Å².